The fraction of sp³-hybridized carbons (Fsp3) is 0.630. The molecule has 4 bridgehead atoms. The van der Waals surface area contributed by atoms with Crippen LogP contribution in [0.25, 0.3) is 16.6 Å². The van der Waals surface area contributed by atoms with Gasteiger partial charge in [-0.25, -0.2) is 0 Å². The van der Waals surface area contributed by atoms with E-state index in [0.29, 0.717) is 28.8 Å². The van der Waals surface area contributed by atoms with Crippen LogP contribution in [-0.4, -0.2) is 68.9 Å². The van der Waals surface area contributed by atoms with E-state index in [1.54, 1.807) is 0 Å². The van der Waals surface area contributed by atoms with Crippen LogP contribution in [0.3, 0.4) is 0 Å². The molecule has 5 fully saturated rings. The number of hydrogen-bond donors (Lipinski definition) is 3. The van der Waals surface area contributed by atoms with Crippen LogP contribution in [0.1, 0.15) is 66.0 Å². The van der Waals surface area contributed by atoms with Gasteiger partial charge in [0.25, 0.3) is 5.91 Å². The first-order valence-electron chi connectivity index (χ1n) is 13.4. The number of nitrogens with one attached hydrogen (secondary N) is 2. The van der Waals surface area contributed by atoms with Crippen molar-refractivity contribution in [2.75, 3.05) is 25.5 Å². The molecule has 5 atom stereocenters. The zero-order valence-electron chi connectivity index (χ0n) is 20.7. The summed E-state index contributed by atoms with van der Waals surface area (Å²) in [6.45, 7) is 1.99. The highest BCUT2D eigenvalue weighted by molar-refractivity contribution is 7.16. The third-order valence-corrected chi connectivity index (χ3v) is 10.2. The lowest BCUT2D eigenvalue weighted by molar-refractivity contribution is -0.129. The van der Waals surface area contributed by atoms with Gasteiger partial charge in [-0.05, 0) is 82.8 Å². The van der Waals surface area contributed by atoms with Gasteiger partial charge in [0.15, 0.2) is 5.01 Å². The zero-order chi connectivity index (χ0) is 24.4. The van der Waals surface area contributed by atoms with Crippen molar-refractivity contribution in [3.63, 3.8) is 0 Å². The molecule has 1 saturated heterocycles. The predicted octanol–water partition coefficient (Wildman–Crippen LogP) is 3.34. The molecule has 2 aromatic rings. The molecule has 3 N–H and O–H groups in total. The van der Waals surface area contributed by atoms with Crippen molar-refractivity contribution in [1.82, 2.24) is 25.4 Å². The number of rotatable bonds is 5. The van der Waals surface area contributed by atoms with Gasteiger partial charge < -0.3 is 20.6 Å². The molecule has 3 heterocycles. The van der Waals surface area contributed by atoms with E-state index in [1.807, 2.05) is 6.20 Å². The Kier molecular flexibility index (Phi) is 5.45. The number of allylic oxidation sites excluding steroid dienone is 1. The molecule has 36 heavy (non-hydrogen) atoms. The number of likely N-dealkylation sites (tertiary alicyclic amines) is 1. The molecule has 5 aliphatic carbocycles. The smallest absolute Gasteiger partial charge is 0.282 e. The Morgan fingerprint density at radius 1 is 1.17 bits per heavy atom. The number of piperidine rings is 1. The van der Waals surface area contributed by atoms with Gasteiger partial charge in [0.1, 0.15) is 0 Å². The van der Waals surface area contributed by atoms with Crippen molar-refractivity contribution >= 4 is 29.0 Å². The van der Waals surface area contributed by atoms with Crippen LogP contribution in [0.4, 0.5) is 5.69 Å². The van der Waals surface area contributed by atoms with Crippen LogP contribution in [0, 0.1) is 17.8 Å². The van der Waals surface area contributed by atoms with Crippen molar-refractivity contribution in [2.24, 2.45) is 17.8 Å². The number of aliphatic hydroxyl groups is 1. The number of aromatic nitrogens is 3. The van der Waals surface area contributed by atoms with Gasteiger partial charge in [-0.3, -0.25) is 9.78 Å². The first-order chi connectivity index (χ1) is 17.4. The van der Waals surface area contributed by atoms with Crippen LogP contribution in [0.5, 0.6) is 0 Å². The number of carbonyl (C=O) groups excluding carboxylic acids is 1. The monoisotopic (exact) mass is 506 g/mol. The van der Waals surface area contributed by atoms with Crippen molar-refractivity contribution in [1.29, 1.82) is 0 Å². The Labute approximate surface area is 215 Å². The molecule has 190 valence electrons. The Bertz CT molecular complexity index is 1200. The predicted molar refractivity (Wildman–Crippen MR) is 140 cm³/mol. The first-order valence-corrected chi connectivity index (χ1v) is 14.3. The van der Waals surface area contributed by atoms with Gasteiger partial charge in [0.2, 0.25) is 5.01 Å². The molecule has 3 unspecified atom stereocenters. The molecular formula is C27H34N6O2S. The summed E-state index contributed by atoms with van der Waals surface area (Å²) < 4.78 is 0. The molecule has 4 saturated carbocycles. The Balaban J connectivity index is 1.16. The number of carbonyl (C=O) groups is 1. The minimum Gasteiger partial charge on any atom is -0.390 e. The average Bonchev–Trinajstić information content (AvgIpc) is 3.52. The summed E-state index contributed by atoms with van der Waals surface area (Å²) in [4.78, 5) is 20.0. The number of pyridine rings is 1. The highest BCUT2D eigenvalue weighted by atomic mass is 32.1. The van der Waals surface area contributed by atoms with E-state index in [2.05, 4.69) is 44.9 Å². The molecule has 2 aromatic heterocycles. The molecule has 8 nitrogen and oxygen atoms in total. The minimum absolute atomic E-state index is 0.133. The second-order valence-electron chi connectivity index (χ2n) is 11.8. The quantitative estimate of drug-likeness (QED) is 0.571. The van der Waals surface area contributed by atoms with Crippen LogP contribution >= 0.6 is 11.3 Å². The number of fused-ring (bicyclic) bond motifs is 1. The Morgan fingerprint density at radius 2 is 1.94 bits per heavy atom. The standard InChI is InChI=1S/C27H34N6O2S/c1-33-7-5-18(6-8-33)29-24(34)26-32-31-25(36-26)20-14-28-21-4-2-3-19(21)23(20)30-22-16-9-15-10-17(22)13-27(35,11-15)12-16/h2-3,14-18,22,35H,4-13H2,1H3,(H,28,30)(H,29,34)/t15?,16-,17+,22?,27?. The van der Waals surface area contributed by atoms with Crippen molar-refractivity contribution in [2.45, 2.75) is 69.1 Å². The minimum atomic E-state index is -0.452. The molecule has 1 amide bonds. The van der Waals surface area contributed by atoms with Gasteiger partial charge in [0.05, 0.1) is 22.5 Å². The SMILES string of the molecule is CN1CCC(NC(=O)c2nnc(-c3cnc4c(c3NC3[C@@H]5CC6C[C@H]3CC(O)(C6)C5)C=CC4)s2)CC1. The molecule has 0 spiro atoms. The Morgan fingerprint density at radius 3 is 2.69 bits per heavy atom. The number of anilines is 1. The third-order valence-electron chi connectivity index (χ3n) is 9.25. The zero-order valence-corrected chi connectivity index (χ0v) is 21.6. The van der Waals surface area contributed by atoms with Crippen LogP contribution < -0.4 is 10.6 Å². The first kappa shape index (κ1) is 22.8. The molecule has 0 aromatic carbocycles. The second kappa shape index (κ2) is 8.60. The second-order valence-corrected chi connectivity index (χ2v) is 12.8. The maximum Gasteiger partial charge on any atom is 0.282 e. The van der Waals surface area contributed by atoms with E-state index in [4.69, 9.17) is 4.98 Å². The summed E-state index contributed by atoms with van der Waals surface area (Å²) in [5.74, 6) is 1.52. The summed E-state index contributed by atoms with van der Waals surface area (Å²) in [5, 5.41) is 28.0. The summed E-state index contributed by atoms with van der Waals surface area (Å²) in [7, 11) is 2.12. The van der Waals surface area contributed by atoms with Crippen LogP contribution in [-0.2, 0) is 6.42 Å². The Hall–Kier alpha value is -2.36. The summed E-state index contributed by atoms with van der Waals surface area (Å²) >= 11 is 1.34. The third kappa shape index (κ3) is 3.96. The number of nitrogens with zero attached hydrogens (tertiary/aromatic N) is 4. The van der Waals surface area contributed by atoms with E-state index in [1.165, 1.54) is 24.2 Å². The normalized spacial score (nSPS) is 33.2. The topological polar surface area (TPSA) is 103 Å². The number of amides is 1. The highest BCUT2D eigenvalue weighted by Gasteiger charge is 2.54. The molecule has 6 aliphatic rings. The van der Waals surface area contributed by atoms with Crippen molar-refractivity contribution in [3.8, 4) is 10.6 Å². The van der Waals surface area contributed by atoms with Crippen molar-refractivity contribution in [3.05, 3.63) is 28.5 Å². The van der Waals surface area contributed by atoms with Gasteiger partial charge >= 0.3 is 0 Å². The molecule has 0 radical (unpaired) electrons. The maximum absolute atomic E-state index is 12.9. The van der Waals surface area contributed by atoms with E-state index in [9.17, 15) is 9.90 Å². The lowest BCUT2D eigenvalue weighted by Crippen LogP contribution is -2.59. The fourth-order valence-electron chi connectivity index (χ4n) is 7.72. The van der Waals surface area contributed by atoms with Crippen LogP contribution in [0.15, 0.2) is 12.3 Å². The molecule has 9 heteroatoms. The molecule has 8 rings (SSSR count). The van der Waals surface area contributed by atoms with Gasteiger partial charge in [0, 0.05) is 30.3 Å². The number of hydrogen-bond acceptors (Lipinski definition) is 8. The lowest BCUT2D eigenvalue weighted by atomic mass is 9.52. The maximum atomic E-state index is 12.9. The molecular weight excluding hydrogens is 472 g/mol. The fourth-order valence-corrected chi connectivity index (χ4v) is 8.48. The summed E-state index contributed by atoms with van der Waals surface area (Å²) in [6.07, 6.45) is 14.2. The van der Waals surface area contributed by atoms with Gasteiger partial charge in [-0.1, -0.05) is 23.5 Å². The van der Waals surface area contributed by atoms with E-state index >= 15 is 0 Å². The van der Waals surface area contributed by atoms with Crippen LogP contribution in [0.2, 0.25) is 0 Å². The summed E-state index contributed by atoms with van der Waals surface area (Å²) in [6, 6.07) is 0.540. The van der Waals surface area contributed by atoms with E-state index in [-0.39, 0.29) is 11.9 Å². The van der Waals surface area contributed by atoms with E-state index < -0.39 is 5.60 Å². The largest absolute Gasteiger partial charge is 0.390 e. The van der Waals surface area contributed by atoms with E-state index in [0.717, 1.165) is 79.1 Å². The highest BCUT2D eigenvalue weighted by Crippen LogP contribution is 2.56. The van der Waals surface area contributed by atoms with Gasteiger partial charge in [-0.15, -0.1) is 10.2 Å². The summed E-state index contributed by atoms with van der Waals surface area (Å²) in [5.41, 5.74) is 3.74. The van der Waals surface area contributed by atoms with Gasteiger partial charge in [-0.2, -0.15) is 0 Å². The van der Waals surface area contributed by atoms with Crippen molar-refractivity contribution < 1.29 is 9.90 Å². The molecule has 1 aliphatic heterocycles. The average molecular weight is 507 g/mol. The lowest BCUT2D eigenvalue weighted by Gasteiger charge is -2.58.